The fourth-order valence-corrected chi connectivity index (χ4v) is 1.61. The first-order valence-corrected chi connectivity index (χ1v) is 5.48. The Balaban J connectivity index is 2.12. The van der Waals surface area contributed by atoms with Crippen LogP contribution in [0, 0.1) is 21.7 Å². The molecule has 1 N–H and O–H groups in total. The van der Waals surface area contributed by atoms with E-state index in [2.05, 4.69) is 5.32 Å². The van der Waals surface area contributed by atoms with Gasteiger partial charge < -0.3 is 5.32 Å². The summed E-state index contributed by atoms with van der Waals surface area (Å²) in [5, 5.41) is 13.4. The highest BCUT2D eigenvalue weighted by Crippen LogP contribution is 2.18. The summed E-state index contributed by atoms with van der Waals surface area (Å²) in [5.41, 5.74) is 0.564. The maximum absolute atomic E-state index is 13.4. The Labute approximate surface area is 107 Å². The zero-order valence-electron chi connectivity index (χ0n) is 9.77. The van der Waals surface area contributed by atoms with Crippen LogP contribution in [-0.2, 0) is 6.54 Å². The van der Waals surface area contributed by atoms with Crippen LogP contribution in [0.5, 0.6) is 0 Å². The van der Waals surface area contributed by atoms with Crippen molar-refractivity contribution in [2.75, 3.05) is 5.32 Å². The molecule has 0 aromatic heterocycles. The lowest BCUT2D eigenvalue weighted by atomic mass is 10.2. The van der Waals surface area contributed by atoms with Gasteiger partial charge in [0.05, 0.1) is 4.92 Å². The maximum Gasteiger partial charge on any atom is 0.271 e. The van der Waals surface area contributed by atoms with Gasteiger partial charge in [-0.25, -0.2) is 8.78 Å². The largest absolute Gasteiger partial charge is 0.381 e. The van der Waals surface area contributed by atoms with E-state index in [1.54, 1.807) is 6.07 Å². The second-order valence-corrected chi connectivity index (χ2v) is 3.90. The quantitative estimate of drug-likeness (QED) is 0.679. The van der Waals surface area contributed by atoms with Crippen LogP contribution in [0.25, 0.3) is 0 Å². The number of nitrogens with one attached hydrogen (secondary N) is 1. The van der Waals surface area contributed by atoms with Crippen molar-refractivity contribution in [2.24, 2.45) is 0 Å². The van der Waals surface area contributed by atoms with Crippen molar-refractivity contribution in [1.82, 2.24) is 0 Å². The molecule has 2 aromatic carbocycles. The number of benzene rings is 2. The molecule has 0 atom stereocenters. The first-order valence-electron chi connectivity index (χ1n) is 5.48. The molecule has 4 nitrogen and oxygen atoms in total. The zero-order chi connectivity index (χ0) is 13.8. The van der Waals surface area contributed by atoms with Gasteiger partial charge in [-0.1, -0.05) is 6.07 Å². The molecule has 2 aromatic rings. The molecule has 2 rings (SSSR count). The average molecular weight is 264 g/mol. The third kappa shape index (κ3) is 3.25. The van der Waals surface area contributed by atoms with Crippen LogP contribution in [-0.4, -0.2) is 4.92 Å². The molecule has 6 heteroatoms. The molecule has 0 aliphatic heterocycles. The highest BCUT2D eigenvalue weighted by atomic mass is 19.1. The molecular formula is C13H10F2N2O2. The molecular weight excluding hydrogens is 254 g/mol. The predicted octanol–water partition coefficient (Wildman–Crippen LogP) is 3.49. The smallest absolute Gasteiger partial charge is 0.271 e. The minimum Gasteiger partial charge on any atom is -0.381 e. The maximum atomic E-state index is 13.4. The number of anilines is 1. The molecule has 0 heterocycles. The van der Waals surface area contributed by atoms with E-state index in [4.69, 9.17) is 0 Å². The van der Waals surface area contributed by atoms with Crippen LogP contribution in [0.3, 0.4) is 0 Å². The third-order valence-corrected chi connectivity index (χ3v) is 2.55. The minimum absolute atomic E-state index is 0.0464. The number of nitrogens with zero attached hydrogens (tertiary/aromatic N) is 1. The lowest BCUT2D eigenvalue weighted by molar-refractivity contribution is -0.384. The van der Waals surface area contributed by atoms with Gasteiger partial charge in [-0.3, -0.25) is 10.1 Å². The lowest BCUT2D eigenvalue weighted by Crippen LogP contribution is -2.02. The van der Waals surface area contributed by atoms with Crippen LogP contribution in [0.15, 0.2) is 42.5 Å². The number of nitro benzene ring substituents is 1. The van der Waals surface area contributed by atoms with Gasteiger partial charge in [0.15, 0.2) is 0 Å². The molecule has 0 amide bonds. The Bertz CT molecular complexity index is 617. The van der Waals surface area contributed by atoms with E-state index in [0.29, 0.717) is 5.69 Å². The van der Waals surface area contributed by atoms with Gasteiger partial charge in [0.25, 0.3) is 5.69 Å². The van der Waals surface area contributed by atoms with E-state index in [0.717, 1.165) is 18.2 Å². The van der Waals surface area contributed by atoms with Crippen LogP contribution in [0.1, 0.15) is 5.56 Å². The molecule has 0 aliphatic rings. The highest BCUT2D eigenvalue weighted by Gasteiger charge is 2.07. The SMILES string of the molecule is O=[N+]([O-])c1cccc(NCc2cc(F)ccc2F)c1. The number of non-ortho nitro benzene ring substituents is 1. The minimum atomic E-state index is -0.530. The Morgan fingerprint density at radius 1 is 1.16 bits per heavy atom. The summed E-state index contributed by atoms with van der Waals surface area (Å²) in [7, 11) is 0. The normalized spacial score (nSPS) is 10.2. The van der Waals surface area contributed by atoms with E-state index >= 15 is 0 Å². The Morgan fingerprint density at radius 2 is 1.95 bits per heavy atom. The van der Waals surface area contributed by atoms with E-state index < -0.39 is 16.6 Å². The molecule has 0 unspecified atom stereocenters. The van der Waals surface area contributed by atoms with Crippen LogP contribution >= 0.6 is 0 Å². The van der Waals surface area contributed by atoms with Crippen LogP contribution in [0.4, 0.5) is 20.2 Å². The number of halogens is 2. The summed E-state index contributed by atoms with van der Waals surface area (Å²) < 4.78 is 26.3. The van der Waals surface area contributed by atoms with E-state index in [1.165, 1.54) is 18.2 Å². The van der Waals surface area contributed by atoms with Crippen molar-refractivity contribution in [3.8, 4) is 0 Å². The van der Waals surface area contributed by atoms with Crippen molar-refractivity contribution in [1.29, 1.82) is 0 Å². The second-order valence-electron chi connectivity index (χ2n) is 3.90. The average Bonchev–Trinajstić information content (AvgIpc) is 2.40. The fraction of sp³-hybridized carbons (Fsp3) is 0.0769. The van der Waals surface area contributed by atoms with Gasteiger partial charge in [0.2, 0.25) is 0 Å². The Hall–Kier alpha value is -2.50. The third-order valence-electron chi connectivity index (χ3n) is 2.55. The topological polar surface area (TPSA) is 55.2 Å². The first-order chi connectivity index (χ1) is 9.06. The first kappa shape index (κ1) is 12.9. The van der Waals surface area contributed by atoms with E-state index in [9.17, 15) is 18.9 Å². The molecule has 19 heavy (non-hydrogen) atoms. The molecule has 98 valence electrons. The summed E-state index contributed by atoms with van der Waals surface area (Å²) in [6.07, 6.45) is 0. The Morgan fingerprint density at radius 3 is 2.68 bits per heavy atom. The van der Waals surface area contributed by atoms with Crippen LogP contribution < -0.4 is 5.32 Å². The highest BCUT2D eigenvalue weighted by molar-refractivity contribution is 5.51. The van der Waals surface area contributed by atoms with Gasteiger partial charge in [-0.2, -0.15) is 0 Å². The second kappa shape index (κ2) is 5.43. The van der Waals surface area contributed by atoms with Gasteiger partial charge in [-0.05, 0) is 24.3 Å². The van der Waals surface area contributed by atoms with Gasteiger partial charge >= 0.3 is 0 Å². The Kier molecular flexibility index (Phi) is 3.70. The van der Waals surface area contributed by atoms with Crippen molar-refractivity contribution in [2.45, 2.75) is 6.54 Å². The van der Waals surface area contributed by atoms with Gasteiger partial charge in [0, 0.05) is 29.9 Å². The van der Waals surface area contributed by atoms with Crippen molar-refractivity contribution in [3.05, 3.63) is 69.8 Å². The predicted molar refractivity (Wildman–Crippen MR) is 66.8 cm³/mol. The molecule has 0 spiro atoms. The van der Waals surface area contributed by atoms with Crippen LogP contribution in [0.2, 0.25) is 0 Å². The van der Waals surface area contributed by atoms with Gasteiger partial charge in [-0.15, -0.1) is 0 Å². The summed E-state index contributed by atoms with van der Waals surface area (Å²) in [5.74, 6) is -1.06. The summed E-state index contributed by atoms with van der Waals surface area (Å²) >= 11 is 0. The number of nitro groups is 1. The van der Waals surface area contributed by atoms with Crippen molar-refractivity contribution in [3.63, 3.8) is 0 Å². The molecule has 0 saturated heterocycles. The fourth-order valence-electron chi connectivity index (χ4n) is 1.61. The summed E-state index contributed by atoms with van der Waals surface area (Å²) in [4.78, 5) is 10.1. The molecule has 0 saturated carbocycles. The zero-order valence-corrected chi connectivity index (χ0v) is 9.77. The van der Waals surface area contributed by atoms with E-state index in [1.807, 2.05) is 0 Å². The number of hydrogen-bond donors (Lipinski definition) is 1. The van der Waals surface area contributed by atoms with Crippen molar-refractivity contribution >= 4 is 11.4 Å². The molecule has 0 bridgehead atoms. The van der Waals surface area contributed by atoms with E-state index in [-0.39, 0.29) is 17.8 Å². The van der Waals surface area contributed by atoms with Crippen molar-refractivity contribution < 1.29 is 13.7 Å². The number of hydrogen-bond acceptors (Lipinski definition) is 3. The molecule has 0 radical (unpaired) electrons. The summed E-state index contributed by atoms with van der Waals surface area (Å²) in [6, 6.07) is 8.98. The number of rotatable bonds is 4. The monoisotopic (exact) mass is 264 g/mol. The lowest BCUT2D eigenvalue weighted by Gasteiger charge is -2.07. The standard InChI is InChI=1S/C13H10F2N2O2/c14-10-4-5-13(15)9(6-10)8-16-11-2-1-3-12(7-11)17(18)19/h1-7,16H,8H2. The molecule has 0 aliphatic carbocycles. The molecule has 0 fully saturated rings. The van der Waals surface area contributed by atoms with Gasteiger partial charge in [0.1, 0.15) is 11.6 Å². The summed E-state index contributed by atoms with van der Waals surface area (Å²) in [6.45, 7) is 0.0464.